The molecule has 0 aromatic heterocycles. The van der Waals surface area contributed by atoms with E-state index in [0.717, 1.165) is 12.8 Å². The number of unbranched alkanes of at least 4 members (excludes halogenated alkanes) is 9. The topological polar surface area (TPSA) is 17.1 Å². The Morgan fingerprint density at radius 3 is 2.00 bits per heavy atom. The molecule has 1 saturated carbocycles. The van der Waals surface area contributed by atoms with E-state index >= 15 is 0 Å². The summed E-state index contributed by atoms with van der Waals surface area (Å²) < 4.78 is 0.135. The lowest BCUT2D eigenvalue weighted by Crippen LogP contribution is -2.38. The molecule has 0 amide bonds. The fraction of sp³-hybridized carbons (Fsp3) is 0.955. The molecule has 0 N–H and O–H groups in total. The van der Waals surface area contributed by atoms with Gasteiger partial charge in [0.2, 0.25) is 0 Å². The van der Waals surface area contributed by atoms with Gasteiger partial charge in [0.05, 0.1) is 0 Å². The third kappa shape index (κ3) is 8.92. The Kier molecular flexibility index (Phi) is 11.4. The highest BCUT2D eigenvalue weighted by Gasteiger charge is 2.38. The third-order valence-electron chi connectivity index (χ3n) is 5.70. The van der Waals surface area contributed by atoms with Gasteiger partial charge in [-0.1, -0.05) is 71.6 Å². The van der Waals surface area contributed by atoms with Crippen LogP contribution in [-0.2, 0) is 4.79 Å². The van der Waals surface area contributed by atoms with Crippen LogP contribution >= 0.6 is 11.8 Å². The molecule has 0 aromatic carbocycles. The van der Waals surface area contributed by atoms with Crippen molar-refractivity contribution in [3.05, 3.63) is 0 Å². The van der Waals surface area contributed by atoms with Crippen molar-refractivity contribution in [2.24, 2.45) is 11.8 Å². The fourth-order valence-electron chi connectivity index (χ4n) is 3.96. The van der Waals surface area contributed by atoms with Crippen molar-refractivity contribution in [1.82, 2.24) is 0 Å². The molecule has 1 rings (SSSR count). The van der Waals surface area contributed by atoms with Crippen molar-refractivity contribution in [3.63, 3.8) is 0 Å². The summed E-state index contributed by atoms with van der Waals surface area (Å²) in [6, 6.07) is 0. The zero-order valence-corrected chi connectivity index (χ0v) is 17.7. The Labute approximate surface area is 156 Å². The van der Waals surface area contributed by atoms with Crippen LogP contribution in [0.1, 0.15) is 111 Å². The number of ketones is 1. The lowest BCUT2D eigenvalue weighted by atomic mass is 9.76. The SMILES string of the molecule is CCCCCCCCCCCCSC(C)(C)C1CCC(C)CC1=O. The van der Waals surface area contributed by atoms with Gasteiger partial charge in [0.25, 0.3) is 0 Å². The highest BCUT2D eigenvalue weighted by molar-refractivity contribution is 8.00. The summed E-state index contributed by atoms with van der Waals surface area (Å²) in [4.78, 5) is 12.3. The second kappa shape index (κ2) is 12.4. The summed E-state index contributed by atoms with van der Waals surface area (Å²) in [6.45, 7) is 9.10. The summed E-state index contributed by atoms with van der Waals surface area (Å²) in [7, 11) is 0. The molecule has 1 fully saturated rings. The Morgan fingerprint density at radius 2 is 1.46 bits per heavy atom. The minimum absolute atomic E-state index is 0.135. The van der Waals surface area contributed by atoms with Gasteiger partial charge in [0.1, 0.15) is 5.78 Å². The van der Waals surface area contributed by atoms with Crippen LogP contribution in [0.4, 0.5) is 0 Å². The summed E-state index contributed by atoms with van der Waals surface area (Å²) in [5, 5.41) is 0. The molecule has 0 bridgehead atoms. The quantitative estimate of drug-likeness (QED) is 0.320. The van der Waals surface area contributed by atoms with Gasteiger partial charge in [-0.3, -0.25) is 4.79 Å². The molecule has 0 spiro atoms. The number of carbonyl (C=O) groups is 1. The van der Waals surface area contributed by atoms with Gasteiger partial charge in [0.15, 0.2) is 0 Å². The van der Waals surface area contributed by atoms with Gasteiger partial charge in [-0.05, 0) is 44.8 Å². The molecule has 0 heterocycles. The van der Waals surface area contributed by atoms with Crippen LogP contribution in [0.5, 0.6) is 0 Å². The number of hydrogen-bond donors (Lipinski definition) is 0. The molecule has 0 aromatic rings. The van der Waals surface area contributed by atoms with Crippen LogP contribution < -0.4 is 0 Å². The Balaban J connectivity index is 2.02. The van der Waals surface area contributed by atoms with Crippen molar-refractivity contribution in [3.8, 4) is 0 Å². The normalized spacial score (nSPS) is 22.1. The molecule has 1 aliphatic carbocycles. The Bertz CT molecular complexity index is 337. The molecule has 24 heavy (non-hydrogen) atoms. The monoisotopic (exact) mass is 354 g/mol. The number of hydrogen-bond acceptors (Lipinski definition) is 2. The first-order valence-corrected chi connectivity index (χ1v) is 11.6. The van der Waals surface area contributed by atoms with Crippen LogP contribution in [0.3, 0.4) is 0 Å². The average Bonchev–Trinajstić information content (AvgIpc) is 2.52. The van der Waals surface area contributed by atoms with E-state index in [0.29, 0.717) is 17.6 Å². The molecule has 1 nitrogen and oxygen atoms in total. The Morgan fingerprint density at radius 1 is 0.917 bits per heavy atom. The molecule has 1 aliphatic rings. The standard InChI is InChI=1S/C22H42OS/c1-5-6-7-8-9-10-11-12-13-14-17-24-22(3,4)20-16-15-19(2)18-21(20)23/h19-20H,5-18H2,1-4H3. The first-order valence-electron chi connectivity index (χ1n) is 10.6. The van der Waals surface area contributed by atoms with Gasteiger partial charge in [-0.2, -0.15) is 11.8 Å². The van der Waals surface area contributed by atoms with Crippen molar-refractivity contribution >= 4 is 17.5 Å². The van der Waals surface area contributed by atoms with E-state index in [1.807, 2.05) is 11.8 Å². The lowest BCUT2D eigenvalue weighted by molar-refractivity contribution is -0.126. The smallest absolute Gasteiger partial charge is 0.137 e. The van der Waals surface area contributed by atoms with Crippen LogP contribution in [0, 0.1) is 11.8 Å². The number of Topliss-reactive ketones (excluding diaryl/α,β-unsaturated/α-hetero) is 1. The van der Waals surface area contributed by atoms with Crippen molar-refractivity contribution in [1.29, 1.82) is 0 Å². The van der Waals surface area contributed by atoms with Crippen molar-refractivity contribution in [2.75, 3.05) is 5.75 Å². The highest BCUT2D eigenvalue weighted by Crippen LogP contribution is 2.41. The van der Waals surface area contributed by atoms with Gasteiger partial charge in [-0.25, -0.2) is 0 Å². The van der Waals surface area contributed by atoms with E-state index < -0.39 is 0 Å². The van der Waals surface area contributed by atoms with Gasteiger partial charge >= 0.3 is 0 Å². The van der Waals surface area contributed by atoms with Gasteiger partial charge in [-0.15, -0.1) is 0 Å². The number of rotatable bonds is 13. The van der Waals surface area contributed by atoms with Crippen molar-refractivity contribution in [2.45, 2.75) is 116 Å². The minimum atomic E-state index is 0.135. The van der Waals surface area contributed by atoms with E-state index in [4.69, 9.17) is 0 Å². The fourth-order valence-corrected chi connectivity index (χ4v) is 5.29. The Hall–Kier alpha value is 0.0200. The van der Waals surface area contributed by atoms with Crippen LogP contribution in [0.15, 0.2) is 0 Å². The van der Waals surface area contributed by atoms with Crippen LogP contribution in [0.2, 0.25) is 0 Å². The maximum atomic E-state index is 12.3. The summed E-state index contributed by atoms with van der Waals surface area (Å²) >= 11 is 2.05. The molecule has 2 heteroatoms. The first-order chi connectivity index (χ1) is 11.5. The molecular weight excluding hydrogens is 312 g/mol. The van der Waals surface area contributed by atoms with E-state index in [2.05, 4.69) is 27.7 Å². The summed E-state index contributed by atoms with van der Waals surface area (Å²) in [6.07, 6.45) is 17.1. The lowest BCUT2D eigenvalue weighted by Gasteiger charge is -2.37. The zero-order chi connectivity index (χ0) is 17.8. The molecular formula is C22H42OS. The van der Waals surface area contributed by atoms with E-state index in [1.54, 1.807) is 0 Å². The second-order valence-corrected chi connectivity index (χ2v) is 10.3. The van der Waals surface area contributed by atoms with E-state index in [-0.39, 0.29) is 4.75 Å². The molecule has 0 saturated heterocycles. The van der Waals surface area contributed by atoms with Gasteiger partial charge in [0, 0.05) is 17.1 Å². The second-order valence-electron chi connectivity index (χ2n) is 8.54. The predicted molar refractivity (Wildman–Crippen MR) is 110 cm³/mol. The zero-order valence-electron chi connectivity index (χ0n) is 16.9. The van der Waals surface area contributed by atoms with Crippen LogP contribution in [0.25, 0.3) is 0 Å². The van der Waals surface area contributed by atoms with Crippen LogP contribution in [-0.4, -0.2) is 16.3 Å². The minimum Gasteiger partial charge on any atom is -0.299 e. The van der Waals surface area contributed by atoms with Crippen molar-refractivity contribution < 1.29 is 4.79 Å². The van der Waals surface area contributed by atoms with E-state index in [1.165, 1.54) is 76.4 Å². The van der Waals surface area contributed by atoms with Gasteiger partial charge < -0.3 is 0 Å². The first kappa shape index (κ1) is 22.1. The maximum absolute atomic E-state index is 12.3. The third-order valence-corrected chi connectivity index (χ3v) is 7.22. The molecule has 0 radical (unpaired) electrons. The molecule has 0 aliphatic heterocycles. The summed E-state index contributed by atoms with van der Waals surface area (Å²) in [5.74, 6) is 2.65. The largest absolute Gasteiger partial charge is 0.299 e. The predicted octanol–water partition coefficient (Wildman–Crippen LogP) is 7.42. The molecule has 142 valence electrons. The van der Waals surface area contributed by atoms with E-state index in [9.17, 15) is 4.79 Å². The molecule has 2 atom stereocenters. The average molecular weight is 355 g/mol. The number of carbonyl (C=O) groups excluding carboxylic acids is 1. The number of thioether (sulfide) groups is 1. The summed E-state index contributed by atoms with van der Waals surface area (Å²) in [5.41, 5.74) is 0. The maximum Gasteiger partial charge on any atom is 0.137 e. The highest BCUT2D eigenvalue weighted by atomic mass is 32.2. The molecule has 2 unspecified atom stereocenters.